The molecule has 0 aliphatic rings. The number of hydrazone groups is 1. The summed E-state index contributed by atoms with van der Waals surface area (Å²) in [5, 5.41) is 6.46. The van der Waals surface area contributed by atoms with Gasteiger partial charge in [-0.2, -0.15) is 5.10 Å². The topological polar surface area (TPSA) is 87.2 Å². The first-order valence-electron chi connectivity index (χ1n) is 15.6. The fraction of sp³-hybridized carbons (Fsp3) is 0.150. The van der Waals surface area contributed by atoms with E-state index < -0.39 is 5.91 Å². The molecule has 242 valence electrons. The Labute approximate surface area is 279 Å². The van der Waals surface area contributed by atoms with Crippen LogP contribution in [-0.4, -0.2) is 23.8 Å². The largest absolute Gasteiger partial charge is 0.493 e. The van der Waals surface area contributed by atoms with Gasteiger partial charge in [0.25, 0.3) is 0 Å². The van der Waals surface area contributed by atoms with Gasteiger partial charge in [-0.3, -0.25) is 4.79 Å². The van der Waals surface area contributed by atoms with Crippen molar-refractivity contribution in [3.63, 3.8) is 0 Å². The Morgan fingerprint density at radius 2 is 1.65 bits per heavy atom. The average molecular weight is 640 g/mol. The van der Waals surface area contributed by atoms with Crippen molar-refractivity contribution < 1.29 is 23.4 Å². The maximum absolute atomic E-state index is 12.8. The van der Waals surface area contributed by atoms with Crippen LogP contribution < -0.4 is 19.6 Å². The molecule has 2 heterocycles. The van der Waals surface area contributed by atoms with Gasteiger partial charge in [-0.15, -0.1) is 6.58 Å². The second kappa shape index (κ2) is 14.6. The Kier molecular flexibility index (Phi) is 9.72. The molecule has 0 saturated heterocycles. The normalized spacial score (nSPS) is 11.1. The van der Waals surface area contributed by atoms with Crippen molar-refractivity contribution in [3.8, 4) is 22.9 Å². The highest BCUT2D eigenvalue weighted by Gasteiger charge is 2.15. The standard InChI is InChI=1S/C40H37N3O5/c1-5-9-31-22-29(23-38(45-4)39(31)47-25-32-12-8-11-30-10-6-7-13-36(30)32)24-41-42-40(44)37-21-20-35(48-37)26-46-34-18-16-33(17-19-34)43-27(2)14-15-28(43)3/h5-8,10-24H,1,9,25-26H2,2-4H3,(H,42,44)/b41-24+. The van der Waals surface area contributed by atoms with E-state index in [4.69, 9.17) is 18.6 Å². The first kappa shape index (κ1) is 31.9. The highest BCUT2D eigenvalue weighted by atomic mass is 16.5. The summed E-state index contributed by atoms with van der Waals surface area (Å²) < 4.78 is 25.8. The minimum Gasteiger partial charge on any atom is -0.493 e. The number of benzene rings is 4. The Hall–Kier alpha value is -6.02. The van der Waals surface area contributed by atoms with Crippen LogP contribution in [0.25, 0.3) is 16.5 Å². The number of rotatable bonds is 13. The molecule has 0 saturated carbocycles. The van der Waals surface area contributed by atoms with E-state index in [1.807, 2.05) is 54.6 Å². The molecule has 8 heteroatoms. The quantitative estimate of drug-likeness (QED) is 0.0778. The van der Waals surface area contributed by atoms with Gasteiger partial charge in [0.15, 0.2) is 17.3 Å². The van der Waals surface area contributed by atoms with Gasteiger partial charge < -0.3 is 23.2 Å². The van der Waals surface area contributed by atoms with Crippen LogP contribution in [-0.2, 0) is 19.6 Å². The van der Waals surface area contributed by atoms with Crippen LogP contribution in [0.15, 0.2) is 125 Å². The molecule has 0 aliphatic heterocycles. The Bertz CT molecular complexity index is 2060. The molecule has 0 fully saturated rings. The van der Waals surface area contributed by atoms with Gasteiger partial charge in [-0.1, -0.05) is 48.5 Å². The minimum atomic E-state index is -0.479. The number of carbonyl (C=O) groups is 1. The lowest BCUT2D eigenvalue weighted by Gasteiger charge is -2.16. The molecule has 48 heavy (non-hydrogen) atoms. The zero-order valence-electron chi connectivity index (χ0n) is 27.2. The van der Waals surface area contributed by atoms with Crippen LogP contribution in [0.3, 0.4) is 0 Å². The molecular weight excluding hydrogens is 602 g/mol. The third-order valence-corrected chi connectivity index (χ3v) is 8.00. The number of aryl methyl sites for hydroxylation is 2. The molecule has 8 nitrogen and oxygen atoms in total. The zero-order chi connectivity index (χ0) is 33.5. The SMILES string of the molecule is C=CCc1cc(/C=N/NC(=O)c2ccc(COc3ccc(-n4c(C)ccc4C)cc3)o2)cc(OC)c1OCc1cccc2ccccc12. The second-order valence-corrected chi connectivity index (χ2v) is 11.3. The predicted octanol–water partition coefficient (Wildman–Crippen LogP) is 8.50. The van der Waals surface area contributed by atoms with Crippen LogP contribution >= 0.6 is 0 Å². The van der Waals surface area contributed by atoms with Crippen molar-refractivity contribution in [2.24, 2.45) is 5.10 Å². The number of furan rings is 1. The second-order valence-electron chi connectivity index (χ2n) is 11.3. The van der Waals surface area contributed by atoms with E-state index in [-0.39, 0.29) is 12.4 Å². The summed E-state index contributed by atoms with van der Waals surface area (Å²) in [5.74, 6) is 2.06. The number of ether oxygens (including phenoxy) is 3. The Balaban J connectivity index is 1.07. The van der Waals surface area contributed by atoms with Crippen molar-refractivity contribution in [1.82, 2.24) is 9.99 Å². The van der Waals surface area contributed by atoms with E-state index in [0.717, 1.165) is 33.2 Å². The number of fused-ring (bicyclic) bond motifs is 1. The molecule has 1 amide bonds. The summed E-state index contributed by atoms with van der Waals surface area (Å²) in [6, 6.07) is 33.5. The molecule has 0 radical (unpaired) electrons. The van der Waals surface area contributed by atoms with Crippen LogP contribution in [0.5, 0.6) is 17.2 Å². The number of allylic oxidation sites excluding steroid dienone is 1. The Morgan fingerprint density at radius 3 is 2.42 bits per heavy atom. The van der Waals surface area contributed by atoms with Gasteiger partial charge in [0.05, 0.1) is 13.3 Å². The first-order valence-corrected chi connectivity index (χ1v) is 15.6. The third kappa shape index (κ3) is 7.18. The summed E-state index contributed by atoms with van der Waals surface area (Å²) in [4.78, 5) is 12.8. The number of hydrogen-bond acceptors (Lipinski definition) is 6. The number of amides is 1. The summed E-state index contributed by atoms with van der Waals surface area (Å²) in [6.07, 6.45) is 3.92. The first-order chi connectivity index (χ1) is 23.4. The molecule has 0 unspecified atom stereocenters. The molecule has 4 aromatic carbocycles. The maximum atomic E-state index is 12.8. The van der Waals surface area contributed by atoms with Crippen molar-refractivity contribution >= 4 is 22.9 Å². The number of nitrogens with zero attached hydrogens (tertiary/aromatic N) is 2. The highest BCUT2D eigenvalue weighted by Crippen LogP contribution is 2.34. The summed E-state index contributed by atoms with van der Waals surface area (Å²) in [6.45, 7) is 8.61. The molecule has 2 aromatic heterocycles. The molecule has 1 N–H and O–H groups in total. The number of methoxy groups -OCH3 is 1. The number of carbonyl (C=O) groups excluding carboxylic acids is 1. The molecule has 0 spiro atoms. The van der Waals surface area contributed by atoms with Crippen molar-refractivity contribution in [1.29, 1.82) is 0 Å². The van der Waals surface area contributed by atoms with E-state index >= 15 is 0 Å². The maximum Gasteiger partial charge on any atom is 0.307 e. The van der Waals surface area contributed by atoms with Gasteiger partial charge >= 0.3 is 5.91 Å². The van der Waals surface area contributed by atoms with Crippen LogP contribution in [0.4, 0.5) is 0 Å². The molecular formula is C40H37N3O5. The number of nitrogens with one attached hydrogen (secondary N) is 1. The van der Waals surface area contributed by atoms with E-state index in [1.165, 1.54) is 11.4 Å². The van der Waals surface area contributed by atoms with Crippen LogP contribution in [0, 0.1) is 13.8 Å². The molecule has 0 atom stereocenters. The van der Waals surface area contributed by atoms with E-state index in [9.17, 15) is 4.79 Å². The lowest BCUT2D eigenvalue weighted by molar-refractivity contribution is 0.0923. The van der Waals surface area contributed by atoms with Gasteiger partial charge in [-0.25, -0.2) is 5.43 Å². The van der Waals surface area contributed by atoms with Crippen molar-refractivity contribution in [2.75, 3.05) is 7.11 Å². The highest BCUT2D eigenvalue weighted by molar-refractivity contribution is 5.92. The fourth-order valence-corrected chi connectivity index (χ4v) is 5.67. The monoisotopic (exact) mass is 639 g/mol. The van der Waals surface area contributed by atoms with E-state index in [1.54, 1.807) is 31.5 Å². The number of aromatic nitrogens is 1. The fourth-order valence-electron chi connectivity index (χ4n) is 5.67. The smallest absolute Gasteiger partial charge is 0.307 e. The molecule has 6 aromatic rings. The summed E-state index contributed by atoms with van der Waals surface area (Å²) in [5.41, 5.74) is 8.62. The molecule has 0 bridgehead atoms. The lowest BCUT2D eigenvalue weighted by Crippen LogP contribution is -2.16. The van der Waals surface area contributed by atoms with Crippen LogP contribution in [0.2, 0.25) is 0 Å². The van der Waals surface area contributed by atoms with E-state index in [2.05, 4.69) is 71.9 Å². The van der Waals surface area contributed by atoms with Gasteiger partial charge in [-0.05, 0) is 103 Å². The predicted molar refractivity (Wildman–Crippen MR) is 189 cm³/mol. The lowest BCUT2D eigenvalue weighted by atomic mass is 10.0. The van der Waals surface area contributed by atoms with Gasteiger partial charge in [0.1, 0.15) is 24.7 Å². The molecule has 0 aliphatic carbocycles. The van der Waals surface area contributed by atoms with Crippen molar-refractivity contribution in [3.05, 3.63) is 155 Å². The number of hydrogen-bond donors (Lipinski definition) is 1. The molecule has 6 rings (SSSR count). The Morgan fingerprint density at radius 1 is 0.875 bits per heavy atom. The minimum absolute atomic E-state index is 0.127. The van der Waals surface area contributed by atoms with Gasteiger partial charge in [0.2, 0.25) is 0 Å². The summed E-state index contributed by atoms with van der Waals surface area (Å²) in [7, 11) is 1.60. The van der Waals surface area contributed by atoms with Gasteiger partial charge in [0, 0.05) is 22.6 Å². The van der Waals surface area contributed by atoms with Crippen LogP contribution in [0.1, 0.15) is 44.4 Å². The zero-order valence-corrected chi connectivity index (χ0v) is 27.2. The van der Waals surface area contributed by atoms with E-state index in [0.29, 0.717) is 36.0 Å². The average Bonchev–Trinajstić information content (AvgIpc) is 3.72. The third-order valence-electron chi connectivity index (χ3n) is 8.00. The van der Waals surface area contributed by atoms with Crippen molar-refractivity contribution in [2.45, 2.75) is 33.5 Å². The summed E-state index contributed by atoms with van der Waals surface area (Å²) >= 11 is 0.